The van der Waals surface area contributed by atoms with Crippen molar-refractivity contribution in [2.75, 3.05) is 13.7 Å². The predicted octanol–water partition coefficient (Wildman–Crippen LogP) is 8.69. The average molecular weight is 587 g/mol. The SMILES string of the molecule is C=C(CC1=C2C(=O)C(=N)C=CC2=CC(c2cccc(OC)n2)C1=C)c1ccc(C2CCC(=CCC3CCCO3)CC2)c(C)c1. The number of carbonyl (C=O) groups excluding carboxylic acids is 1. The molecule has 2 unspecified atom stereocenters. The fraction of sp³-hybridized carbons (Fsp3) is 0.359. The largest absolute Gasteiger partial charge is 0.481 e. The quantitative estimate of drug-likeness (QED) is 0.314. The highest BCUT2D eigenvalue weighted by Crippen LogP contribution is 2.44. The molecule has 5 heteroatoms. The zero-order chi connectivity index (χ0) is 30.8. The van der Waals surface area contributed by atoms with Gasteiger partial charge in [0.2, 0.25) is 11.7 Å². The first-order valence-electron chi connectivity index (χ1n) is 15.9. The molecule has 226 valence electrons. The Morgan fingerprint density at radius 3 is 2.70 bits per heavy atom. The van der Waals surface area contributed by atoms with Crippen molar-refractivity contribution in [1.29, 1.82) is 5.41 Å². The number of fused-ring (bicyclic) bond motifs is 1. The van der Waals surface area contributed by atoms with Crippen molar-refractivity contribution in [1.82, 2.24) is 4.98 Å². The number of hydrogen-bond acceptors (Lipinski definition) is 5. The summed E-state index contributed by atoms with van der Waals surface area (Å²) in [7, 11) is 1.60. The first-order chi connectivity index (χ1) is 21.3. The van der Waals surface area contributed by atoms with Crippen LogP contribution in [0.3, 0.4) is 0 Å². The molecule has 2 heterocycles. The van der Waals surface area contributed by atoms with Gasteiger partial charge >= 0.3 is 0 Å². The molecule has 1 aliphatic heterocycles. The number of pyridine rings is 1. The number of ether oxygens (including phenoxy) is 2. The number of rotatable bonds is 8. The van der Waals surface area contributed by atoms with E-state index in [1.165, 1.54) is 49.7 Å². The Morgan fingerprint density at radius 1 is 1.16 bits per heavy atom. The Bertz CT molecular complexity index is 1640. The number of methoxy groups -OCH3 is 1. The van der Waals surface area contributed by atoms with Crippen LogP contribution in [0.2, 0.25) is 0 Å². The van der Waals surface area contributed by atoms with E-state index in [1.807, 2.05) is 30.4 Å². The van der Waals surface area contributed by atoms with Crippen molar-refractivity contribution in [2.24, 2.45) is 0 Å². The van der Waals surface area contributed by atoms with E-state index in [9.17, 15) is 4.79 Å². The Hall–Kier alpha value is -4.09. The lowest BCUT2D eigenvalue weighted by Gasteiger charge is -2.30. The number of Topliss-reactive ketones (excluding diaryl/α,β-unsaturated/α-hetero) is 1. The molecule has 1 saturated carbocycles. The highest BCUT2D eigenvalue weighted by molar-refractivity contribution is 6.51. The second kappa shape index (κ2) is 12.9. The zero-order valence-corrected chi connectivity index (χ0v) is 26.0. The van der Waals surface area contributed by atoms with Gasteiger partial charge in [-0.3, -0.25) is 10.2 Å². The van der Waals surface area contributed by atoms with Crippen LogP contribution in [0.15, 0.2) is 102 Å². The fourth-order valence-electron chi connectivity index (χ4n) is 7.16. The molecule has 0 radical (unpaired) electrons. The van der Waals surface area contributed by atoms with Gasteiger partial charge < -0.3 is 9.47 Å². The number of hydrogen-bond donors (Lipinski definition) is 1. The molecule has 44 heavy (non-hydrogen) atoms. The van der Waals surface area contributed by atoms with Crippen LogP contribution >= 0.6 is 0 Å². The van der Waals surface area contributed by atoms with Gasteiger partial charge in [0.1, 0.15) is 5.71 Å². The molecule has 4 aliphatic rings. The van der Waals surface area contributed by atoms with Crippen molar-refractivity contribution in [2.45, 2.75) is 76.2 Å². The molecule has 2 fully saturated rings. The van der Waals surface area contributed by atoms with Crippen LogP contribution in [0.5, 0.6) is 5.88 Å². The average Bonchev–Trinajstić information content (AvgIpc) is 3.57. The standard InChI is InChI=1S/C39H42N2O3/c1-24(29-15-18-32(25(2)21-29)28-13-10-27(11-14-28)12-17-31-7-6-20-44-31)22-34-26(3)33(36-8-5-9-37(41-36)43-4)23-30-16-19-35(40)39(42)38(30)34/h5,8-9,12,15-16,18-19,21,23,28,31,33,40H,1,3,6-7,10-11,13-14,17,20,22H2,2,4H3. The third-order valence-corrected chi connectivity index (χ3v) is 9.70. The molecule has 3 aliphatic carbocycles. The third-order valence-electron chi connectivity index (χ3n) is 9.70. The van der Waals surface area contributed by atoms with E-state index >= 15 is 0 Å². The third kappa shape index (κ3) is 6.11. The minimum Gasteiger partial charge on any atom is -0.481 e. The van der Waals surface area contributed by atoms with Gasteiger partial charge in [0, 0.05) is 24.2 Å². The number of nitrogens with one attached hydrogen (secondary N) is 1. The summed E-state index contributed by atoms with van der Waals surface area (Å²) in [6.45, 7) is 12.1. The highest BCUT2D eigenvalue weighted by Gasteiger charge is 2.33. The zero-order valence-electron chi connectivity index (χ0n) is 26.0. The molecule has 2 atom stereocenters. The fourth-order valence-corrected chi connectivity index (χ4v) is 7.16. The smallest absolute Gasteiger partial charge is 0.213 e. The Balaban J connectivity index is 1.20. The van der Waals surface area contributed by atoms with Gasteiger partial charge in [0.15, 0.2) is 0 Å². The summed E-state index contributed by atoms with van der Waals surface area (Å²) in [5, 5.41) is 8.22. The number of allylic oxidation sites excluding steroid dienone is 9. The summed E-state index contributed by atoms with van der Waals surface area (Å²) in [6, 6.07) is 12.4. The van der Waals surface area contributed by atoms with Gasteiger partial charge in [0.25, 0.3) is 0 Å². The van der Waals surface area contributed by atoms with E-state index in [1.54, 1.807) is 18.8 Å². The molecule has 2 aromatic rings. The first-order valence-corrected chi connectivity index (χ1v) is 15.9. The molecule has 1 aromatic carbocycles. The number of ketones is 1. The van der Waals surface area contributed by atoms with E-state index in [2.05, 4.69) is 49.3 Å². The summed E-state index contributed by atoms with van der Waals surface area (Å²) in [6.07, 6.45) is 17.0. The van der Waals surface area contributed by atoms with Gasteiger partial charge in [-0.25, -0.2) is 4.98 Å². The topological polar surface area (TPSA) is 72.3 Å². The van der Waals surface area contributed by atoms with E-state index in [4.69, 9.17) is 14.9 Å². The molecule has 1 saturated heterocycles. The van der Waals surface area contributed by atoms with E-state index in [-0.39, 0.29) is 17.4 Å². The van der Waals surface area contributed by atoms with Gasteiger partial charge in [-0.1, -0.05) is 61.2 Å². The maximum Gasteiger partial charge on any atom is 0.213 e. The molecule has 0 amide bonds. The second-order valence-electron chi connectivity index (χ2n) is 12.5. The van der Waals surface area contributed by atoms with Crippen LogP contribution in [0.25, 0.3) is 5.57 Å². The van der Waals surface area contributed by atoms with Crippen molar-refractivity contribution in [3.05, 3.63) is 124 Å². The van der Waals surface area contributed by atoms with Gasteiger partial charge in [-0.15, -0.1) is 0 Å². The monoisotopic (exact) mass is 586 g/mol. The van der Waals surface area contributed by atoms with Crippen molar-refractivity contribution >= 4 is 17.1 Å². The number of aromatic nitrogens is 1. The molecule has 0 spiro atoms. The van der Waals surface area contributed by atoms with Crippen molar-refractivity contribution < 1.29 is 14.3 Å². The summed E-state index contributed by atoms with van der Waals surface area (Å²) in [4.78, 5) is 18.0. The molecular weight excluding hydrogens is 544 g/mol. The van der Waals surface area contributed by atoms with Crippen LogP contribution in [-0.2, 0) is 9.53 Å². The van der Waals surface area contributed by atoms with Crippen LogP contribution < -0.4 is 4.74 Å². The number of aryl methyl sites for hydroxylation is 1. The lowest BCUT2D eigenvalue weighted by molar-refractivity contribution is -0.109. The maximum absolute atomic E-state index is 13.3. The van der Waals surface area contributed by atoms with E-state index in [0.717, 1.165) is 46.6 Å². The number of benzene rings is 1. The van der Waals surface area contributed by atoms with Crippen LogP contribution in [0, 0.1) is 12.3 Å². The highest BCUT2D eigenvalue weighted by atomic mass is 16.5. The lowest BCUT2D eigenvalue weighted by Crippen LogP contribution is -2.24. The van der Waals surface area contributed by atoms with Gasteiger partial charge in [-0.05, 0) is 115 Å². The maximum atomic E-state index is 13.3. The van der Waals surface area contributed by atoms with Crippen molar-refractivity contribution in [3.8, 4) is 5.88 Å². The summed E-state index contributed by atoms with van der Waals surface area (Å²) >= 11 is 0. The number of carbonyl (C=O) groups is 1. The minimum absolute atomic E-state index is 0.0106. The Labute approximate surface area is 261 Å². The molecular formula is C39H42N2O3. The van der Waals surface area contributed by atoms with E-state index < -0.39 is 0 Å². The lowest BCUT2D eigenvalue weighted by atomic mass is 9.73. The second-order valence-corrected chi connectivity index (χ2v) is 12.5. The van der Waals surface area contributed by atoms with Gasteiger partial charge in [-0.2, -0.15) is 0 Å². The summed E-state index contributed by atoms with van der Waals surface area (Å²) < 4.78 is 11.2. The molecule has 6 rings (SSSR count). The first kappa shape index (κ1) is 30.0. The minimum atomic E-state index is -0.271. The normalized spacial score (nSPS) is 23.5. The van der Waals surface area contributed by atoms with Crippen LogP contribution in [0.4, 0.5) is 0 Å². The molecule has 1 N–H and O–H groups in total. The van der Waals surface area contributed by atoms with Gasteiger partial charge in [0.05, 0.1) is 18.9 Å². The molecule has 0 bridgehead atoms. The Kier molecular flexibility index (Phi) is 8.76. The van der Waals surface area contributed by atoms with Crippen LogP contribution in [-0.4, -0.2) is 36.3 Å². The van der Waals surface area contributed by atoms with Crippen LogP contribution in [0.1, 0.15) is 85.6 Å². The van der Waals surface area contributed by atoms with E-state index in [0.29, 0.717) is 29.9 Å². The Morgan fingerprint density at radius 2 is 1.98 bits per heavy atom. The number of nitrogens with zero attached hydrogens (tertiary/aromatic N) is 1. The van der Waals surface area contributed by atoms with Crippen molar-refractivity contribution in [3.63, 3.8) is 0 Å². The summed E-state index contributed by atoms with van der Waals surface area (Å²) in [5.74, 6) is 0.622. The predicted molar refractivity (Wildman–Crippen MR) is 177 cm³/mol. The summed E-state index contributed by atoms with van der Waals surface area (Å²) in [5.41, 5.74) is 10.1. The molecule has 1 aromatic heterocycles. The molecule has 5 nitrogen and oxygen atoms in total.